The third kappa shape index (κ3) is 12.1. The molecule has 0 unspecified atom stereocenters. The number of nitrogens with two attached hydrogens (primary N) is 2. The fourth-order valence-corrected chi connectivity index (χ4v) is 5.21. The summed E-state index contributed by atoms with van der Waals surface area (Å²) in [5.41, 5.74) is 10.7. The van der Waals surface area contributed by atoms with Crippen molar-refractivity contribution in [3.8, 4) is 0 Å². The molecule has 2 aliphatic rings. The second-order valence-corrected chi connectivity index (χ2v) is 11.4. The van der Waals surface area contributed by atoms with Gasteiger partial charge >= 0.3 is 11.9 Å². The zero-order valence-electron chi connectivity index (χ0n) is 26.9. The van der Waals surface area contributed by atoms with Crippen LogP contribution < -0.4 is 38.1 Å². The molecule has 0 aromatic carbocycles. The van der Waals surface area contributed by atoms with Crippen LogP contribution in [0.25, 0.3) is 0 Å². The van der Waals surface area contributed by atoms with Crippen LogP contribution in [0.15, 0.2) is 4.99 Å². The number of aliphatic carboxylic acids is 2. The van der Waals surface area contributed by atoms with Gasteiger partial charge in [0.2, 0.25) is 35.4 Å². The third-order valence-electron chi connectivity index (χ3n) is 7.55. The fourth-order valence-electron chi connectivity index (χ4n) is 5.21. The highest BCUT2D eigenvalue weighted by atomic mass is 16.5. The SMILES string of the molecule is CC(=O)N[C@@H]1[C@@H](O)[C@H](O)[C@@H](CO)O[C@H]1N1C(=O)CNC(=O)[C@H](CC(=O)O)NC(=O)CNC(=O)[C@H](CCCN=C(N)N)NC(=O)[C@@H]1CCC(=O)O. The summed E-state index contributed by atoms with van der Waals surface area (Å²) in [6, 6.07) is -6.87. The first kappa shape index (κ1) is 41.0. The van der Waals surface area contributed by atoms with Crippen molar-refractivity contribution in [2.75, 3.05) is 26.2 Å². The number of amides is 6. The zero-order valence-corrected chi connectivity index (χ0v) is 26.9. The third-order valence-corrected chi connectivity index (χ3v) is 7.55. The molecule has 0 radical (unpaired) electrons. The van der Waals surface area contributed by atoms with Gasteiger partial charge < -0.3 is 73.2 Å². The topological polar surface area (TPSA) is 375 Å². The van der Waals surface area contributed by atoms with Crippen LogP contribution in [-0.4, -0.2) is 159 Å². The van der Waals surface area contributed by atoms with Crippen LogP contribution in [0.3, 0.4) is 0 Å². The number of aliphatic hydroxyl groups is 3. The van der Waals surface area contributed by atoms with E-state index in [2.05, 4.69) is 31.6 Å². The highest BCUT2D eigenvalue weighted by molar-refractivity contribution is 5.97. The molecule has 50 heavy (non-hydrogen) atoms. The van der Waals surface area contributed by atoms with Crippen LogP contribution in [0, 0.1) is 0 Å². The lowest BCUT2D eigenvalue weighted by Crippen LogP contribution is -2.71. The van der Waals surface area contributed by atoms with E-state index in [9.17, 15) is 63.9 Å². The summed E-state index contributed by atoms with van der Waals surface area (Å²) >= 11 is 0. The number of nitrogens with one attached hydrogen (secondary N) is 5. The van der Waals surface area contributed by atoms with Gasteiger partial charge in [0.1, 0.15) is 42.5 Å². The highest BCUT2D eigenvalue weighted by Crippen LogP contribution is 2.27. The van der Waals surface area contributed by atoms with Crippen LogP contribution in [0.5, 0.6) is 0 Å². The Morgan fingerprint density at radius 2 is 1.56 bits per heavy atom. The molecule has 0 bridgehead atoms. The van der Waals surface area contributed by atoms with E-state index in [0.717, 1.165) is 6.92 Å². The number of nitrogens with zero attached hydrogens (tertiary/aromatic N) is 2. The first-order chi connectivity index (χ1) is 23.5. The Labute approximate surface area is 284 Å². The number of carboxylic acid groups (broad SMARTS) is 2. The summed E-state index contributed by atoms with van der Waals surface area (Å²) in [4.78, 5) is 107. The number of hydrogen-bond acceptors (Lipinski definition) is 13. The van der Waals surface area contributed by atoms with Crippen molar-refractivity contribution in [3.05, 3.63) is 0 Å². The number of aliphatic imine (C=N–C) groups is 1. The number of carbonyl (C=O) groups is 8. The van der Waals surface area contributed by atoms with Crippen LogP contribution in [-0.2, 0) is 43.1 Å². The van der Waals surface area contributed by atoms with Crippen LogP contribution in [0.4, 0.5) is 0 Å². The van der Waals surface area contributed by atoms with Crippen molar-refractivity contribution < 1.29 is 68.6 Å². The van der Waals surface area contributed by atoms with Crippen molar-refractivity contribution in [2.45, 2.75) is 87.7 Å². The Balaban J connectivity index is 2.74. The fraction of sp³-hybridized carbons (Fsp3) is 0.667. The number of rotatable bonds is 12. The number of hydrogen-bond donors (Lipinski definition) is 12. The maximum absolute atomic E-state index is 14.0. The Morgan fingerprint density at radius 1 is 0.920 bits per heavy atom. The average Bonchev–Trinajstić information content (AvgIpc) is 3.03. The Hall–Kier alpha value is -5.13. The minimum Gasteiger partial charge on any atom is -0.481 e. The van der Waals surface area contributed by atoms with Gasteiger partial charge in [0.25, 0.3) is 0 Å². The molecule has 2 fully saturated rings. The lowest BCUT2D eigenvalue weighted by Gasteiger charge is -2.48. The van der Waals surface area contributed by atoms with Crippen molar-refractivity contribution in [3.63, 3.8) is 0 Å². The van der Waals surface area contributed by atoms with Crippen molar-refractivity contribution in [1.82, 2.24) is 31.5 Å². The molecule has 2 rings (SSSR count). The molecule has 6 amide bonds. The van der Waals surface area contributed by atoms with Crippen LogP contribution in [0.1, 0.15) is 39.0 Å². The highest BCUT2D eigenvalue weighted by Gasteiger charge is 2.51. The van der Waals surface area contributed by atoms with E-state index in [1.165, 1.54) is 0 Å². The van der Waals surface area contributed by atoms with Crippen molar-refractivity contribution in [2.24, 2.45) is 16.5 Å². The normalized spacial score (nSPS) is 28.5. The van der Waals surface area contributed by atoms with E-state index in [1.54, 1.807) is 0 Å². The van der Waals surface area contributed by atoms with Gasteiger partial charge in [-0.05, 0) is 19.3 Å². The second-order valence-electron chi connectivity index (χ2n) is 11.4. The predicted molar refractivity (Wildman–Crippen MR) is 165 cm³/mol. The minimum atomic E-state index is -1.94. The lowest BCUT2D eigenvalue weighted by atomic mass is 9.93. The van der Waals surface area contributed by atoms with E-state index in [-0.39, 0.29) is 25.3 Å². The van der Waals surface area contributed by atoms with Gasteiger partial charge in [-0.25, -0.2) is 0 Å². The smallest absolute Gasteiger partial charge is 0.305 e. The van der Waals surface area contributed by atoms with Gasteiger partial charge in [-0.15, -0.1) is 0 Å². The molecule has 0 aliphatic carbocycles. The summed E-state index contributed by atoms with van der Waals surface area (Å²) in [6.07, 6.45) is -9.85. The first-order valence-corrected chi connectivity index (χ1v) is 15.3. The molecular weight excluding hydrogens is 674 g/mol. The maximum atomic E-state index is 14.0. The molecule has 0 aromatic rings. The largest absolute Gasteiger partial charge is 0.481 e. The number of carbonyl (C=O) groups excluding carboxylic acids is 6. The minimum absolute atomic E-state index is 0.0166. The molecule has 8 atom stereocenters. The molecule has 2 saturated heterocycles. The van der Waals surface area contributed by atoms with Crippen molar-refractivity contribution >= 4 is 53.3 Å². The summed E-state index contributed by atoms with van der Waals surface area (Å²) in [5, 5.41) is 61.3. The Bertz CT molecular complexity index is 1330. The van der Waals surface area contributed by atoms with Gasteiger partial charge in [0.05, 0.1) is 26.1 Å². The van der Waals surface area contributed by atoms with Gasteiger partial charge in [-0.1, -0.05) is 0 Å². The van der Waals surface area contributed by atoms with E-state index >= 15 is 0 Å². The molecular formula is C27H43N9O14. The van der Waals surface area contributed by atoms with E-state index in [0.29, 0.717) is 4.90 Å². The summed E-state index contributed by atoms with van der Waals surface area (Å²) < 4.78 is 5.72. The molecule has 23 nitrogen and oxygen atoms in total. The predicted octanol–water partition coefficient (Wildman–Crippen LogP) is -7.26. The molecule has 280 valence electrons. The van der Waals surface area contributed by atoms with Crippen LogP contribution >= 0.6 is 0 Å². The van der Waals surface area contributed by atoms with Gasteiger partial charge in [-0.2, -0.15) is 0 Å². The van der Waals surface area contributed by atoms with Crippen molar-refractivity contribution in [1.29, 1.82) is 0 Å². The summed E-state index contributed by atoms with van der Waals surface area (Å²) in [5.74, 6) is -9.60. The van der Waals surface area contributed by atoms with Crippen LogP contribution in [0.2, 0.25) is 0 Å². The molecule has 0 saturated carbocycles. The van der Waals surface area contributed by atoms with E-state index in [4.69, 9.17) is 16.2 Å². The number of guanidine groups is 1. The Morgan fingerprint density at radius 3 is 2.14 bits per heavy atom. The standard InChI is InChI=1S/C27H43N9O14/c1-11(38)33-20-22(46)21(45)15(10-37)50-26(20)36-14(4-5-18(41)42)25(49)35-12(3-2-6-30-27(28)29)23(47)31-8-16(39)34-13(7-19(43)44)24(48)32-9-17(36)40/h12-15,20-22,26,37,45-46H,2-10H2,1H3,(H,31,47)(H,32,48)(H,33,38)(H,34,39)(H,35,49)(H,41,42)(H,43,44)(H4,28,29,30)/t12-,13-,14-,15+,20+,21+,22+,26+/m0/s1. The lowest BCUT2D eigenvalue weighted by molar-refractivity contribution is -0.236. The number of carboxylic acids is 2. The molecule has 2 aliphatic heterocycles. The van der Waals surface area contributed by atoms with E-state index in [1.807, 2.05) is 0 Å². The van der Waals surface area contributed by atoms with Gasteiger partial charge in [-0.3, -0.25) is 43.3 Å². The molecule has 0 aromatic heterocycles. The van der Waals surface area contributed by atoms with Gasteiger partial charge in [0, 0.05) is 19.9 Å². The Kier molecular flexibility index (Phi) is 15.7. The average molecular weight is 718 g/mol. The molecule has 0 spiro atoms. The summed E-state index contributed by atoms with van der Waals surface area (Å²) in [7, 11) is 0. The quantitative estimate of drug-likeness (QED) is 0.0507. The molecule has 23 heteroatoms. The van der Waals surface area contributed by atoms with E-state index < -0.39 is 135 Å². The molecule has 14 N–H and O–H groups in total. The maximum Gasteiger partial charge on any atom is 0.305 e. The first-order valence-electron chi connectivity index (χ1n) is 15.3. The van der Waals surface area contributed by atoms with Gasteiger partial charge in [0.15, 0.2) is 12.2 Å². The molecule has 2 heterocycles. The zero-order chi connectivity index (χ0) is 37.7. The number of aliphatic hydroxyl groups excluding tert-OH is 3. The monoisotopic (exact) mass is 717 g/mol. The second kappa shape index (κ2) is 19.2. The summed E-state index contributed by atoms with van der Waals surface area (Å²) in [6.45, 7) is -1.78. The number of ether oxygens (including phenoxy) is 1.